The van der Waals surface area contributed by atoms with Crippen LogP contribution in [0.5, 0.6) is 0 Å². The maximum absolute atomic E-state index is 12.8. The fourth-order valence-electron chi connectivity index (χ4n) is 2.91. The van der Waals surface area contributed by atoms with Gasteiger partial charge in [-0.3, -0.25) is 4.79 Å². The monoisotopic (exact) mass is 363 g/mol. The summed E-state index contributed by atoms with van der Waals surface area (Å²) in [6.45, 7) is 8.35. The molecule has 0 N–H and O–H groups in total. The van der Waals surface area contributed by atoms with E-state index in [1.807, 2.05) is 76.2 Å². The van der Waals surface area contributed by atoms with Gasteiger partial charge >= 0.3 is 0 Å². The van der Waals surface area contributed by atoms with Gasteiger partial charge in [0.2, 0.25) is 17.6 Å². The molecule has 0 unspecified atom stereocenters. The molecule has 5 nitrogen and oxygen atoms in total. The summed E-state index contributed by atoms with van der Waals surface area (Å²) in [6, 6.07) is 16.0. The smallest absolute Gasteiger partial charge is 0.246 e. The van der Waals surface area contributed by atoms with Crippen molar-refractivity contribution >= 4 is 5.91 Å². The molecule has 0 radical (unpaired) electrons. The van der Waals surface area contributed by atoms with Gasteiger partial charge in [-0.15, -0.1) is 0 Å². The summed E-state index contributed by atoms with van der Waals surface area (Å²) in [7, 11) is 0. The van der Waals surface area contributed by atoms with Crippen LogP contribution >= 0.6 is 0 Å². The Morgan fingerprint density at radius 3 is 2.48 bits per heavy atom. The lowest BCUT2D eigenvalue weighted by molar-refractivity contribution is -0.133. The average molecular weight is 363 g/mol. The maximum atomic E-state index is 12.8. The molecule has 0 spiro atoms. The van der Waals surface area contributed by atoms with E-state index in [0.29, 0.717) is 24.7 Å². The lowest BCUT2D eigenvalue weighted by Gasteiger charge is -2.25. The van der Waals surface area contributed by atoms with Gasteiger partial charge in [0.15, 0.2) is 0 Å². The van der Waals surface area contributed by atoms with Crippen molar-refractivity contribution in [3.8, 4) is 11.4 Å². The van der Waals surface area contributed by atoms with Gasteiger partial charge in [0.1, 0.15) is 6.54 Å². The predicted octanol–water partition coefficient (Wildman–Crippen LogP) is 4.33. The molecule has 0 atom stereocenters. The van der Waals surface area contributed by atoms with Crippen LogP contribution in [0.3, 0.4) is 0 Å². The van der Waals surface area contributed by atoms with Crippen molar-refractivity contribution in [2.45, 2.75) is 46.7 Å². The minimum absolute atomic E-state index is 0.0391. The highest BCUT2D eigenvalue weighted by Gasteiger charge is 2.21. The maximum Gasteiger partial charge on any atom is 0.246 e. The van der Waals surface area contributed by atoms with E-state index in [2.05, 4.69) is 10.1 Å². The molecule has 5 heteroatoms. The lowest BCUT2D eigenvalue weighted by atomic mass is 10.1. The molecule has 1 aromatic heterocycles. The van der Waals surface area contributed by atoms with Crippen molar-refractivity contribution in [1.29, 1.82) is 0 Å². The molecule has 0 bridgehead atoms. The standard InChI is InChI=1S/C22H25N3O2/c1-15(2)25(21(26)13-18-10-8-16(3)9-11-18)14-20-23-22(24-27-20)19-7-5-6-17(4)12-19/h5-12,15H,13-14H2,1-4H3. The van der Waals surface area contributed by atoms with E-state index in [1.165, 1.54) is 5.56 Å². The molecule has 0 aliphatic heterocycles. The zero-order valence-electron chi connectivity index (χ0n) is 16.3. The summed E-state index contributed by atoms with van der Waals surface area (Å²) in [5.41, 5.74) is 4.23. The van der Waals surface area contributed by atoms with Gasteiger partial charge in [-0.05, 0) is 39.3 Å². The van der Waals surface area contributed by atoms with Crippen LogP contribution in [0.4, 0.5) is 0 Å². The number of hydrogen-bond acceptors (Lipinski definition) is 4. The predicted molar refractivity (Wildman–Crippen MR) is 105 cm³/mol. The molecular formula is C22H25N3O2. The number of carbonyl (C=O) groups is 1. The second-order valence-corrected chi connectivity index (χ2v) is 7.16. The minimum atomic E-state index is 0.0391. The molecule has 0 saturated heterocycles. The minimum Gasteiger partial charge on any atom is -0.337 e. The van der Waals surface area contributed by atoms with Gasteiger partial charge in [-0.25, -0.2) is 0 Å². The highest BCUT2D eigenvalue weighted by molar-refractivity contribution is 5.79. The SMILES string of the molecule is Cc1ccc(CC(=O)N(Cc2nc(-c3cccc(C)c3)no2)C(C)C)cc1. The number of amides is 1. The second kappa shape index (κ2) is 8.16. The van der Waals surface area contributed by atoms with Gasteiger partial charge in [0.05, 0.1) is 6.42 Å². The third kappa shape index (κ3) is 4.82. The number of hydrogen-bond donors (Lipinski definition) is 0. The largest absolute Gasteiger partial charge is 0.337 e. The molecule has 1 heterocycles. The number of benzene rings is 2. The molecule has 0 aliphatic rings. The van der Waals surface area contributed by atoms with Gasteiger partial charge < -0.3 is 9.42 Å². The molecule has 3 aromatic rings. The Labute approximate surface area is 160 Å². The Morgan fingerprint density at radius 2 is 1.81 bits per heavy atom. The summed E-state index contributed by atoms with van der Waals surface area (Å²) in [6.07, 6.45) is 0.358. The van der Waals surface area contributed by atoms with E-state index in [4.69, 9.17) is 4.52 Å². The van der Waals surface area contributed by atoms with Crippen LogP contribution in [-0.2, 0) is 17.8 Å². The third-order valence-electron chi connectivity index (χ3n) is 4.47. The number of carbonyl (C=O) groups excluding carboxylic acids is 1. The van der Waals surface area contributed by atoms with Gasteiger partial charge in [-0.2, -0.15) is 4.98 Å². The summed E-state index contributed by atoms with van der Waals surface area (Å²) >= 11 is 0. The Kier molecular flexibility index (Phi) is 5.69. The summed E-state index contributed by atoms with van der Waals surface area (Å²) in [5.74, 6) is 1.03. The Hall–Kier alpha value is -2.95. The van der Waals surface area contributed by atoms with Crippen molar-refractivity contribution in [2.75, 3.05) is 0 Å². The van der Waals surface area contributed by atoms with Crippen molar-refractivity contribution in [3.63, 3.8) is 0 Å². The van der Waals surface area contributed by atoms with E-state index in [1.54, 1.807) is 4.90 Å². The summed E-state index contributed by atoms with van der Waals surface area (Å²) < 4.78 is 5.40. The highest BCUT2D eigenvalue weighted by Crippen LogP contribution is 2.18. The summed E-state index contributed by atoms with van der Waals surface area (Å²) in [5, 5.41) is 4.07. The summed E-state index contributed by atoms with van der Waals surface area (Å²) in [4.78, 5) is 19.0. The zero-order valence-corrected chi connectivity index (χ0v) is 16.3. The first-order chi connectivity index (χ1) is 12.9. The Bertz CT molecular complexity index is 913. The van der Waals surface area contributed by atoms with Crippen LogP contribution < -0.4 is 0 Å². The molecule has 3 rings (SSSR count). The molecule has 2 aromatic carbocycles. The van der Waals surface area contributed by atoms with Gasteiger partial charge in [0, 0.05) is 11.6 Å². The van der Waals surface area contributed by atoms with Gasteiger partial charge in [-0.1, -0.05) is 58.7 Å². The van der Waals surface area contributed by atoms with E-state index in [0.717, 1.165) is 16.7 Å². The van der Waals surface area contributed by atoms with Crippen LogP contribution in [0, 0.1) is 13.8 Å². The first kappa shape index (κ1) is 18.8. The van der Waals surface area contributed by atoms with Crippen LogP contribution in [0.25, 0.3) is 11.4 Å². The van der Waals surface area contributed by atoms with Crippen molar-refractivity contribution < 1.29 is 9.32 Å². The molecular weight excluding hydrogens is 338 g/mol. The van der Waals surface area contributed by atoms with E-state index in [-0.39, 0.29) is 11.9 Å². The van der Waals surface area contributed by atoms with Crippen LogP contribution in [0.15, 0.2) is 53.1 Å². The van der Waals surface area contributed by atoms with E-state index >= 15 is 0 Å². The molecule has 27 heavy (non-hydrogen) atoms. The quantitative estimate of drug-likeness (QED) is 0.654. The number of nitrogens with zero attached hydrogens (tertiary/aromatic N) is 3. The normalized spacial score (nSPS) is 11.0. The average Bonchev–Trinajstić information content (AvgIpc) is 3.10. The number of rotatable bonds is 6. The molecule has 1 amide bonds. The Balaban J connectivity index is 1.73. The van der Waals surface area contributed by atoms with Crippen LogP contribution in [-0.4, -0.2) is 27.0 Å². The van der Waals surface area contributed by atoms with E-state index in [9.17, 15) is 4.79 Å². The lowest BCUT2D eigenvalue weighted by Crippen LogP contribution is -2.37. The van der Waals surface area contributed by atoms with Crippen molar-refractivity contribution in [1.82, 2.24) is 15.0 Å². The van der Waals surface area contributed by atoms with Crippen molar-refractivity contribution in [2.24, 2.45) is 0 Å². The fraction of sp³-hybridized carbons (Fsp3) is 0.318. The second-order valence-electron chi connectivity index (χ2n) is 7.16. The fourth-order valence-corrected chi connectivity index (χ4v) is 2.91. The number of aryl methyl sites for hydroxylation is 2. The van der Waals surface area contributed by atoms with Crippen LogP contribution in [0.2, 0.25) is 0 Å². The number of aromatic nitrogens is 2. The highest BCUT2D eigenvalue weighted by atomic mass is 16.5. The molecule has 0 fully saturated rings. The first-order valence-corrected chi connectivity index (χ1v) is 9.17. The third-order valence-corrected chi connectivity index (χ3v) is 4.47. The molecule has 140 valence electrons. The topological polar surface area (TPSA) is 59.2 Å². The van der Waals surface area contributed by atoms with Crippen LogP contribution in [0.1, 0.15) is 36.4 Å². The van der Waals surface area contributed by atoms with E-state index < -0.39 is 0 Å². The zero-order chi connectivity index (χ0) is 19.4. The van der Waals surface area contributed by atoms with Crippen molar-refractivity contribution in [3.05, 3.63) is 71.1 Å². The molecule has 0 saturated carbocycles. The van der Waals surface area contributed by atoms with Gasteiger partial charge in [0.25, 0.3) is 0 Å². The first-order valence-electron chi connectivity index (χ1n) is 9.17. The molecule has 0 aliphatic carbocycles. The Morgan fingerprint density at radius 1 is 1.07 bits per heavy atom.